The number of amides is 2. The molecule has 0 aliphatic rings. The van der Waals surface area contributed by atoms with E-state index in [-0.39, 0.29) is 18.2 Å². The first-order valence-corrected chi connectivity index (χ1v) is 9.00. The molecule has 0 saturated carbocycles. The average Bonchev–Trinajstić information content (AvgIpc) is 2.71. The summed E-state index contributed by atoms with van der Waals surface area (Å²) in [4.78, 5) is 25.2. The molecule has 0 aliphatic carbocycles. The minimum atomic E-state index is -0.511. The van der Waals surface area contributed by atoms with Crippen molar-refractivity contribution in [3.63, 3.8) is 0 Å². The van der Waals surface area contributed by atoms with Gasteiger partial charge in [0.05, 0.1) is 12.5 Å². The van der Waals surface area contributed by atoms with Gasteiger partial charge in [0.1, 0.15) is 5.82 Å². The van der Waals surface area contributed by atoms with Gasteiger partial charge < -0.3 is 10.6 Å². The highest BCUT2D eigenvalue weighted by atomic mass is 19.1. The van der Waals surface area contributed by atoms with Gasteiger partial charge >= 0.3 is 0 Å². The summed E-state index contributed by atoms with van der Waals surface area (Å²) in [5.41, 5.74) is 2.52. The molecule has 0 aromatic heterocycles. The minimum Gasteiger partial charge on any atom is -0.345 e. The van der Waals surface area contributed by atoms with Crippen LogP contribution in [0, 0.1) is 12.7 Å². The SMILES string of the molecule is Cc1ccc(F)cc1NC(=O)CC(NC(=O)c1ccccc1)c1ccccc1. The maximum absolute atomic E-state index is 13.5. The Morgan fingerprint density at radius 2 is 1.57 bits per heavy atom. The molecular formula is C23H21FN2O2. The molecule has 0 heterocycles. The van der Waals surface area contributed by atoms with Gasteiger partial charge in [0.15, 0.2) is 0 Å². The highest BCUT2D eigenvalue weighted by Gasteiger charge is 2.19. The fourth-order valence-electron chi connectivity index (χ4n) is 2.88. The van der Waals surface area contributed by atoms with Crippen LogP contribution in [0.25, 0.3) is 0 Å². The van der Waals surface area contributed by atoms with Gasteiger partial charge in [-0.2, -0.15) is 0 Å². The Balaban J connectivity index is 1.76. The molecule has 0 radical (unpaired) electrons. The summed E-state index contributed by atoms with van der Waals surface area (Å²) >= 11 is 0. The summed E-state index contributed by atoms with van der Waals surface area (Å²) in [6.07, 6.45) is 0.0263. The van der Waals surface area contributed by atoms with Gasteiger partial charge in [0.2, 0.25) is 5.91 Å². The van der Waals surface area contributed by atoms with Gasteiger partial charge in [-0.05, 0) is 42.3 Å². The lowest BCUT2D eigenvalue weighted by Crippen LogP contribution is -2.31. The molecule has 0 spiro atoms. The molecular weight excluding hydrogens is 355 g/mol. The first-order chi connectivity index (χ1) is 13.5. The number of hydrogen-bond donors (Lipinski definition) is 2. The maximum atomic E-state index is 13.5. The fourth-order valence-corrected chi connectivity index (χ4v) is 2.88. The van der Waals surface area contributed by atoms with Crippen LogP contribution in [0.1, 0.15) is 33.9 Å². The van der Waals surface area contributed by atoms with E-state index in [2.05, 4.69) is 10.6 Å². The number of rotatable bonds is 6. The van der Waals surface area contributed by atoms with E-state index < -0.39 is 11.9 Å². The van der Waals surface area contributed by atoms with E-state index in [1.54, 1.807) is 37.3 Å². The number of carbonyl (C=O) groups is 2. The molecule has 3 rings (SSSR count). The van der Waals surface area contributed by atoms with Crippen molar-refractivity contribution >= 4 is 17.5 Å². The molecule has 1 unspecified atom stereocenters. The van der Waals surface area contributed by atoms with Crippen LogP contribution in [0.5, 0.6) is 0 Å². The van der Waals surface area contributed by atoms with Crippen LogP contribution >= 0.6 is 0 Å². The number of benzene rings is 3. The lowest BCUT2D eigenvalue weighted by Gasteiger charge is -2.19. The van der Waals surface area contributed by atoms with E-state index in [1.807, 2.05) is 36.4 Å². The Bertz CT molecular complexity index is 959. The predicted octanol–water partition coefficient (Wildman–Crippen LogP) is 4.63. The molecule has 0 saturated heterocycles. The highest BCUT2D eigenvalue weighted by molar-refractivity contribution is 5.96. The van der Waals surface area contributed by atoms with Crippen LogP contribution in [0.15, 0.2) is 78.9 Å². The van der Waals surface area contributed by atoms with Crippen molar-refractivity contribution in [2.45, 2.75) is 19.4 Å². The van der Waals surface area contributed by atoms with Crippen molar-refractivity contribution in [1.82, 2.24) is 5.32 Å². The zero-order valence-electron chi connectivity index (χ0n) is 15.5. The van der Waals surface area contributed by atoms with E-state index in [0.717, 1.165) is 11.1 Å². The molecule has 0 aliphatic heterocycles. The van der Waals surface area contributed by atoms with Crippen molar-refractivity contribution in [1.29, 1.82) is 0 Å². The van der Waals surface area contributed by atoms with Gasteiger partial charge in [-0.25, -0.2) is 4.39 Å². The summed E-state index contributed by atoms with van der Waals surface area (Å²) < 4.78 is 13.5. The van der Waals surface area contributed by atoms with Gasteiger partial charge in [0.25, 0.3) is 5.91 Å². The van der Waals surface area contributed by atoms with E-state index in [1.165, 1.54) is 12.1 Å². The average molecular weight is 376 g/mol. The van der Waals surface area contributed by atoms with Crippen molar-refractivity contribution in [2.24, 2.45) is 0 Å². The van der Waals surface area contributed by atoms with Crippen LogP contribution in [0.4, 0.5) is 10.1 Å². The lowest BCUT2D eigenvalue weighted by atomic mass is 10.0. The van der Waals surface area contributed by atoms with E-state index >= 15 is 0 Å². The highest BCUT2D eigenvalue weighted by Crippen LogP contribution is 2.21. The minimum absolute atomic E-state index is 0.0263. The van der Waals surface area contributed by atoms with Crippen molar-refractivity contribution in [3.05, 3.63) is 101 Å². The molecule has 3 aromatic carbocycles. The second-order valence-corrected chi connectivity index (χ2v) is 6.51. The van der Waals surface area contributed by atoms with Crippen LogP contribution in [-0.2, 0) is 4.79 Å². The molecule has 3 aromatic rings. The Kier molecular flexibility index (Phi) is 6.17. The zero-order valence-corrected chi connectivity index (χ0v) is 15.5. The van der Waals surface area contributed by atoms with E-state index in [4.69, 9.17) is 0 Å². The summed E-state index contributed by atoms with van der Waals surface area (Å²) in [6.45, 7) is 1.79. The largest absolute Gasteiger partial charge is 0.345 e. The summed E-state index contributed by atoms with van der Waals surface area (Å²) in [7, 11) is 0. The second kappa shape index (κ2) is 8.95. The van der Waals surface area contributed by atoms with Gasteiger partial charge in [-0.15, -0.1) is 0 Å². The topological polar surface area (TPSA) is 58.2 Å². The third kappa shape index (κ3) is 5.04. The number of aryl methyl sites for hydroxylation is 1. The number of anilines is 1. The quantitative estimate of drug-likeness (QED) is 0.659. The number of hydrogen-bond acceptors (Lipinski definition) is 2. The Hall–Kier alpha value is -3.47. The predicted molar refractivity (Wildman–Crippen MR) is 107 cm³/mol. The second-order valence-electron chi connectivity index (χ2n) is 6.51. The normalized spacial score (nSPS) is 11.5. The van der Waals surface area contributed by atoms with Crippen LogP contribution in [0.3, 0.4) is 0 Å². The van der Waals surface area contributed by atoms with E-state index in [9.17, 15) is 14.0 Å². The molecule has 2 amide bonds. The fraction of sp³-hybridized carbons (Fsp3) is 0.130. The Morgan fingerprint density at radius 1 is 0.929 bits per heavy atom. The first-order valence-electron chi connectivity index (χ1n) is 9.00. The Morgan fingerprint density at radius 3 is 2.25 bits per heavy atom. The number of nitrogens with one attached hydrogen (secondary N) is 2. The molecule has 0 fully saturated rings. The molecule has 4 nitrogen and oxygen atoms in total. The van der Waals surface area contributed by atoms with Crippen molar-refractivity contribution in [3.8, 4) is 0 Å². The van der Waals surface area contributed by atoms with Crippen molar-refractivity contribution < 1.29 is 14.0 Å². The third-order valence-electron chi connectivity index (χ3n) is 4.41. The molecule has 1 atom stereocenters. The number of halogens is 1. The van der Waals surface area contributed by atoms with Crippen LogP contribution < -0.4 is 10.6 Å². The van der Waals surface area contributed by atoms with Gasteiger partial charge in [-0.1, -0.05) is 54.6 Å². The molecule has 2 N–H and O–H groups in total. The summed E-state index contributed by atoms with van der Waals surface area (Å²) in [5.74, 6) is -0.988. The molecule has 28 heavy (non-hydrogen) atoms. The van der Waals surface area contributed by atoms with Gasteiger partial charge in [-0.3, -0.25) is 9.59 Å². The van der Waals surface area contributed by atoms with Crippen LogP contribution in [-0.4, -0.2) is 11.8 Å². The van der Waals surface area contributed by atoms with E-state index in [0.29, 0.717) is 11.3 Å². The maximum Gasteiger partial charge on any atom is 0.251 e. The first kappa shape index (κ1) is 19.3. The van der Waals surface area contributed by atoms with Gasteiger partial charge in [0, 0.05) is 11.3 Å². The molecule has 0 bridgehead atoms. The van der Waals surface area contributed by atoms with Crippen molar-refractivity contribution in [2.75, 3.05) is 5.32 Å². The molecule has 5 heteroatoms. The lowest BCUT2D eigenvalue weighted by molar-refractivity contribution is -0.116. The van der Waals surface area contributed by atoms with Crippen LogP contribution in [0.2, 0.25) is 0 Å². The summed E-state index contributed by atoms with van der Waals surface area (Å²) in [5, 5.41) is 5.65. The third-order valence-corrected chi connectivity index (χ3v) is 4.41. The monoisotopic (exact) mass is 376 g/mol. The zero-order chi connectivity index (χ0) is 19.9. The molecule has 142 valence electrons. The Labute approximate surface area is 163 Å². The number of carbonyl (C=O) groups excluding carboxylic acids is 2. The standard InChI is InChI=1S/C23H21FN2O2/c1-16-12-13-19(24)14-20(16)25-22(27)15-21(17-8-4-2-5-9-17)26-23(28)18-10-6-3-7-11-18/h2-14,21H,15H2,1H3,(H,25,27)(H,26,28). The smallest absolute Gasteiger partial charge is 0.251 e. The summed E-state index contributed by atoms with van der Waals surface area (Å²) in [6, 6.07) is 21.9.